The Morgan fingerprint density at radius 1 is 0.857 bits per heavy atom. The van der Waals surface area contributed by atoms with Crippen molar-refractivity contribution in [3.8, 4) is 0 Å². The van der Waals surface area contributed by atoms with E-state index >= 15 is 0 Å². The standard InChI is InChI=1S/C13H27O/c1-3-5-10-13(4-2)11-8-6-7-9-12-14/h13H,3-12H2,1-2H3. The van der Waals surface area contributed by atoms with Crippen LogP contribution >= 0.6 is 0 Å². The summed E-state index contributed by atoms with van der Waals surface area (Å²) < 4.78 is 0. The molecule has 0 bridgehead atoms. The Balaban J connectivity index is 3.24. The van der Waals surface area contributed by atoms with Crippen LogP contribution in [0.5, 0.6) is 0 Å². The number of rotatable bonds is 10. The summed E-state index contributed by atoms with van der Waals surface area (Å²) in [6.07, 6.45) is 11.5. The first kappa shape index (κ1) is 14.0. The summed E-state index contributed by atoms with van der Waals surface area (Å²) in [5, 5.41) is 10.2. The summed E-state index contributed by atoms with van der Waals surface area (Å²) in [4.78, 5) is 0. The van der Waals surface area contributed by atoms with Crippen molar-refractivity contribution in [3.63, 3.8) is 0 Å². The molecule has 0 aliphatic rings. The average Bonchev–Trinajstić information content (AvgIpc) is 2.22. The molecule has 0 spiro atoms. The van der Waals surface area contributed by atoms with Crippen LogP contribution in [0.3, 0.4) is 0 Å². The van der Waals surface area contributed by atoms with Gasteiger partial charge in [-0.3, -0.25) is 0 Å². The van der Waals surface area contributed by atoms with E-state index in [-0.39, 0.29) is 6.61 Å². The predicted octanol–water partition coefficient (Wildman–Crippen LogP) is 4.58. The zero-order valence-electron chi connectivity index (χ0n) is 10.1. The Morgan fingerprint density at radius 2 is 1.50 bits per heavy atom. The molecule has 0 amide bonds. The van der Waals surface area contributed by atoms with E-state index in [2.05, 4.69) is 13.8 Å². The second kappa shape index (κ2) is 11.0. The van der Waals surface area contributed by atoms with Crippen molar-refractivity contribution in [1.82, 2.24) is 0 Å². The van der Waals surface area contributed by atoms with Gasteiger partial charge in [0.25, 0.3) is 0 Å². The van der Waals surface area contributed by atoms with Crippen LogP contribution in [0.1, 0.15) is 71.6 Å². The van der Waals surface area contributed by atoms with Crippen molar-refractivity contribution in [2.45, 2.75) is 71.6 Å². The molecule has 1 heteroatoms. The number of unbranched alkanes of at least 4 members (excludes halogenated alkanes) is 4. The second-order valence-electron chi connectivity index (χ2n) is 4.32. The fourth-order valence-corrected chi connectivity index (χ4v) is 1.93. The fraction of sp³-hybridized carbons (Fsp3) is 1.00. The van der Waals surface area contributed by atoms with Crippen LogP contribution in [0, 0.1) is 5.92 Å². The monoisotopic (exact) mass is 199 g/mol. The fourth-order valence-electron chi connectivity index (χ4n) is 1.93. The van der Waals surface area contributed by atoms with E-state index in [0.29, 0.717) is 0 Å². The molecule has 1 atom stereocenters. The molecule has 0 saturated heterocycles. The molecule has 0 N–H and O–H groups in total. The third kappa shape index (κ3) is 8.55. The van der Waals surface area contributed by atoms with Gasteiger partial charge < -0.3 is 0 Å². The summed E-state index contributed by atoms with van der Waals surface area (Å²) in [7, 11) is 0. The smallest absolute Gasteiger partial charge is 0.0822 e. The minimum absolute atomic E-state index is 0.118. The summed E-state index contributed by atoms with van der Waals surface area (Å²) in [6.45, 7) is 4.69. The van der Waals surface area contributed by atoms with Crippen LogP contribution in [-0.4, -0.2) is 6.61 Å². The third-order valence-electron chi connectivity index (χ3n) is 3.05. The molecule has 0 aromatic rings. The number of hydrogen-bond donors (Lipinski definition) is 0. The molecule has 0 aromatic heterocycles. The molecule has 14 heavy (non-hydrogen) atoms. The van der Waals surface area contributed by atoms with E-state index in [0.717, 1.165) is 18.8 Å². The van der Waals surface area contributed by atoms with Crippen molar-refractivity contribution >= 4 is 0 Å². The molecule has 0 aliphatic carbocycles. The van der Waals surface area contributed by atoms with E-state index in [1.165, 1.54) is 44.9 Å². The van der Waals surface area contributed by atoms with E-state index in [1.54, 1.807) is 0 Å². The topological polar surface area (TPSA) is 19.9 Å². The normalized spacial score (nSPS) is 13.1. The predicted molar refractivity (Wildman–Crippen MR) is 61.9 cm³/mol. The average molecular weight is 199 g/mol. The van der Waals surface area contributed by atoms with Gasteiger partial charge in [-0.15, -0.1) is 0 Å². The molecule has 0 rings (SSSR count). The molecule has 1 radical (unpaired) electrons. The van der Waals surface area contributed by atoms with Crippen LogP contribution in [0.15, 0.2) is 0 Å². The van der Waals surface area contributed by atoms with Gasteiger partial charge in [0, 0.05) is 0 Å². The summed E-state index contributed by atoms with van der Waals surface area (Å²) >= 11 is 0. The Labute approximate surface area is 89.9 Å². The van der Waals surface area contributed by atoms with E-state index < -0.39 is 0 Å². The lowest BCUT2D eigenvalue weighted by Crippen LogP contribution is -1.98. The van der Waals surface area contributed by atoms with Gasteiger partial charge in [-0.05, 0) is 12.3 Å². The Kier molecular flexibility index (Phi) is 11.0. The van der Waals surface area contributed by atoms with Crippen LogP contribution in [0.4, 0.5) is 0 Å². The lowest BCUT2D eigenvalue weighted by atomic mass is 9.93. The van der Waals surface area contributed by atoms with E-state index in [9.17, 15) is 5.11 Å². The molecule has 0 saturated carbocycles. The molecule has 85 valence electrons. The third-order valence-corrected chi connectivity index (χ3v) is 3.05. The maximum absolute atomic E-state index is 10.2. The molecule has 1 unspecified atom stereocenters. The van der Waals surface area contributed by atoms with E-state index in [1.807, 2.05) is 0 Å². The van der Waals surface area contributed by atoms with Crippen molar-refractivity contribution in [3.05, 3.63) is 0 Å². The van der Waals surface area contributed by atoms with Crippen molar-refractivity contribution in [2.75, 3.05) is 6.61 Å². The molecule has 0 heterocycles. The zero-order valence-corrected chi connectivity index (χ0v) is 10.1. The van der Waals surface area contributed by atoms with Gasteiger partial charge in [-0.25, -0.2) is 5.11 Å². The highest BCUT2D eigenvalue weighted by Crippen LogP contribution is 2.19. The van der Waals surface area contributed by atoms with Gasteiger partial charge in [-0.2, -0.15) is 0 Å². The first-order valence-corrected chi connectivity index (χ1v) is 6.43. The van der Waals surface area contributed by atoms with Crippen LogP contribution in [0.2, 0.25) is 0 Å². The summed E-state index contributed by atoms with van der Waals surface area (Å²) in [5.41, 5.74) is 0. The highest BCUT2D eigenvalue weighted by atomic mass is 16.2. The minimum Gasteiger partial charge on any atom is -0.237 e. The maximum atomic E-state index is 10.2. The molecular weight excluding hydrogens is 172 g/mol. The van der Waals surface area contributed by atoms with Crippen molar-refractivity contribution < 1.29 is 5.11 Å². The summed E-state index contributed by atoms with van der Waals surface area (Å²) in [6, 6.07) is 0. The highest BCUT2D eigenvalue weighted by Gasteiger charge is 2.04. The molecule has 0 fully saturated rings. The van der Waals surface area contributed by atoms with Gasteiger partial charge in [0.15, 0.2) is 0 Å². The van der Waals surface area contributed by atoms with Crippen molar-refractivity contribution in [1.29, 1.82) is 0 Å². The quantitative estimate of drug-likeness (QED) is 0.459. The van der Waals surface area contributed by atoms with Gasteiger partial charge >= 0.3 is 0 Å². The summed E-state index contributed by atoms with van der Waals surface area (Å²) in [5.74, 6) is 0.946. The van der Waals surface area contributed by atoms with Gasteiger partial charge in [0.05, 0.1) is 6.61 Å². The first-order chi connectivity index (χ1) is 6.85. The Morgan fingerprint density at radius 3 is 2.07 bits per heavy atom. The van der Waals surface area contributed by atoms with Crippen LogP contribution in [-0.2, 0) is 5.11 Å². The zero-order chi connectivity index (χ0) is 10.6. The minimum atomic E-state index is 0.118. The van der Waals surface area contributed by atoms with Gasteiger partial charge in [-0.1, -0.05) is 65.2 Å². The Hall–Kier alpha value is -0.0400. The molecular formula is C13H27O. The first-order valence-electron chi connectivity index (χ1n) is 6.43. The van der Waals surface area contributed by atoms with Crippen molar-refractivity contribution in [2.24, 2.45) is 5.92 Å². The van der Waals surface area contributed by atoms with E-state index in [4.69, 9.17) is 0 Å². The number of hydrogen-bond acceptors (Lipinski definition) is 0. The largest absolute Gasteiger partial charge is 0.237 e. The Bertz CT molecular complexity index is 101. The lowest BCUT2D eigenvalue weighted by molar-refractivity contribution is 0.185. The molecule has 0 aliphatic heterocycles. The van der Waals surface area contributed by atoms with Crippen LogP contribution in [0.25, 0.3) is 0 Å². The van der Waals surface area contributed by atoms with Gasteiger partial charge in [0.1, 0.15) is 0 Å². The SMILES string of the molecule is CCCCC(CC)CCCCCC[O]. The van der Waals surface area contributed by atoms with Gasteiger partial charge in [0.2, 0.25) is 0 Å². The molecule has 0 aromatic carbocycles. The second-order valence-corrected chi connectivity index (χ2v) is 4.32. The highest BCUT2D eigenvalue weighted by molar-refractivity contribution is 4.57. The lowest BCUT2D eigenvalue weighted by Gasteiger charge is -2.13. The molecule has 1 nitrogen and oxygen atoms in total. The van der Waals surface area contributed by atoms with Crippen LogP contribution < -0.4 is 0 Å². The maximum Gasteiger partial charge on any atom is 0.0822 e.